The van der Waals surface area contributed by atoms with E-state index >= 15 is 0 Å². The summed E-state index contributed by atoms with van der Waals surface area (Å²) < 4.78 is 5.60. The van der Waals surface area contributed by atoms with Gasteiger partial charge < -0.3 is 15.6 Å². The monoisotopic (exact) mass is 228 g/mol. The summed E-state index contributed by atoms with van der Waals surface area (Å²) >= 11 is 0. The van der Waals surface area contributed by atoms with Crippen molar-refractivity contribution in [3.63, 3.8) is 0 Å². The zero-order valence-electron chi connectivity index (χ0n) is 10.4. The molecule has 1 heterocycles. The van der Waals surface area contributed by atoms with Gasteiger partial charge in [0.25, 0.3) is 0 Å². The van der Waals surface area contributed by atoms with E-state index in [0.29, 0.717) is 12.0 Å². The second kappa shape index (κ2) is 4.61. The molecule has 3 N–H and O–H groups in total. The van der Waals surface area contributed by atoms with E-state index in [-0.39, 0.29) is 12.7 Å². The molecule has 2 aliphatic rings. The summed E-state index contributed by atoms with van der Waals surface area (Å²) in [6.07, 6.45) is 2.62. The van der Waals surface area contributed by atoms with E-state index in [1.807, 2.05) is 0 Å². The van der Waals surface area contributed by atoms with Gasteiger partial charge in [-0.1, -0.05) is 0 Å². The van der Waals surface area contributed by atoms with Gasteiger partial charge >= 0.3 is 0 Å². The topological polar surface area (TPSA) is 58.7 Å². The van der Waals surface area contributed by atoms with Crippen LogP contribution in [0.4, 0.5) is 0 Å². The summed E-state index contributed by atoms with van der Waals surface area (Å²) in [4.78, 5) is 2.36. The maximum absolute atomic E-state index is 9.50. The summed E-state index contributed by atoms with van der Waals surface area (Å²) in [6.45, 7) is 6.84. The summed E-state index contributed by atoms with van der Waals surface area (Å²) in [6, 6.07) is 0.407. The largest absolute Gasteiger partial charge is 0.394 e. The number of morpholine rings is 1. The first-order valence-corrected chi connectivity index (χ1v) is 6.30. The van der Waals surface area contributed by atoms with Crippen LogP contribution in [0, 0.1) is 5.92 Å². The van der Waals surface area contributed by atoms with Gasteiger partial charge in [-0.15, -0.1) is 0 Å². The van der Waals surface area contributed by atoms with E-state index < -0.39 is 5.54 Å². The van der Waals surface area contributed by atoms with Crippen LogP contribution in [0.3, 0.4) is 0 Å². The van der Waals surface area contributed by atoms with Crippen molar-refractivity contribution < 1.29 is 9.84 Å². The molecule has 94 valence electrons. The fraction of sp³-hybridized carbons (Fsp3) is 1.00. The Morgan fingerprint density at radius 3 is 2.69 bits per heavy atom. The molecule has 0 amide bonds. The zero-order valence-corrected chi connectivity index (χ0v) is 10.4. The molecular formula is C12H24N2O2. The van der Waals surface area contributed by atoms with Crippen LogP contribution < -0.4 is 5.73 Å². The zero-order chi connectivity index (χ0) is 11.8. The van der Waals surface area contributed by atoms with E-state index in [2.05, 4.69) is 18.7 Å². The van der Waals surface area contributed by atoms with Crippen molar-refractivity contribution in [2.75, 3.05) is 26.3 Å². The summed E-state index contributed by atoms with van der Waals surface area (Å²) in [5, 5.41) is 9.50. The number of hydrogen-bond acceptors (Lipinski definition) is 4. The molecule has 4 nitrogen and oxygen atoms in total. The molecule has 0 spiro atoms. The SMILES string of the molecule is CC1CN(CC(N)(CO)C2CC2)C(C)CO1. The average molecular weight is 228 g/mol. The lowest BCUT2D eigenvalue weighted by atomic mass is 9.94. The highest BCUT2D eigenvalue weighted by molar-refractivity contribution is 5.01. The smallest absolute Gasteiger partial charge is 0.0674 e. The van der Waals surface area contributed by atoms with Gasteiger partial charge in [0.05, 0.1) is 24.9 Å². The van der Waals surface area contributed by atoms with Crippen LogP contribution in [0.5, 0.6) is 0 Å². The number of rotatable bonds is 4. The van der Waals surface area contributed by atoms with Gasteiger partial charge in [0.1, 0.15) is 0 Å². The molecule has 3 unspecified atom stereocenters. The fourth-order valence-corrected chi connectivity index (χ4v) is 2.54. The lowest BCUT2D eigenvalue weighted by Gasteiger charge is -2.42. The van der Waals surface area contributed by atoms with Crippen molar-refractivity contribution >= 4 is 0 Å². The van der Waals surface area contributed by atoms with Gasteiger partial charge in [0, 0.05) is 19.1 Å². The molecular weight excluding hydrogens is 204 g/mol. The molecule has 4 heteroatoms. The minimum Gasteiger partial charge on any atom is -0.394 e. The van der Waals surface area contributed by atoms with Crippen LogP contribution in [0.2, 0.25) is 0 Å². The molecule has 1 aliphatic heterocycles. The summed E-state index contributed by atoms with van der Waals surface area (Å²) in [7, 11) is 0. The normalized spacial score (nSPS) is 36.0. The van der Waals surface area contributed by atoms with Crippen LogP contribution in [0.15, 0.2) is 0 Å². The Labute approximate surface area is 97.7 Å². The third-order valence-corrected chi connectivity index (χ3v) is 3.92. The Hall–Kier alpha value is -0.160. The van der Waals surface area contributed by atoms with Crippen LogP contribution in [-0.2, 0) is 4.74 Å². The van der Waals surface area contributed by atoms with Gasteiger partial charge in [-0.3, -0.25) is 4.90 Å². The Bertz CT molecular complexity index is 245. The van der Waals surface area contributed by atoms with Crippen molar-refractivity contribution in [1.29, 1.82) is 0 Å². The van der Waals surface area contributed by atoms with Crippen molar-refractivity contribution in [2.45, 2.75) is 44.4 Å². The molecule has 1 saturated heterocycles. The van der Waals surface area contributed by atoms with Crippen LogP contribution >= 0.6 is 0 Å². The Kier molecular flexibility index (Phi) is 3.54. The molecule has 1 saturated carbocycles. The second-order valence-corrected chi connectivity index (χ2v) is 5.59. The number of aliphatic hydroxyl groups excluding tert-OH is 1. The first-order chi connectivity index (χ1) is 7.55. The molecule has 0 aromatic carbocycles. The predicted octanol–water partition coefficient (Wildman–Crippen LogP) is 0.195. The van der Waals surface area contributed by atoms with Crippen LogP contribution in [-0.4, -0.2) is 54.0 Å². The Morgan fingerprint density at radius 1 is 1.44 bits per heavy atom. The number of nitrogens with two attached hydrogens (primary N) is 1. The number of ether oxygens (including phenoxy) is 1. The van der Waals surface area contributed by atoms with Gasteiger partial charge in [-0.25, -0.2) is 0 Å². The molecule has 2 fully saturated rings. The van der Waals surface area contributed by atoms with Crippen LogP contribution in [0.1, 0.15) is 26.7 Å². The van der Waals surface area contributed by atoms with Crippen molar-refractivity contribution in [3.8, 4) is 0 Å². The quantitative estimate of drug-likeness (QED) is 0.721. The molecule has 0 radical (unpaired) electrons. The predicted molar refractivity (Wildman–Crippen MR) is 63.2 cm³/mol. The van der Waals surface area contributed by atoms with Gasteiger partial charge in [0.2, 0.25) is 0 Å². The third kappa shape index (κ3) is 2.56. The minimum atomic E-state index is -0.397. The highest BCUT2D eigenvalue weighted by Crippen LogP contribution is 2.38. The lowest BCUT2D eigenvalue weighted by molar-refractivity contribution is -0.0605. The molecule has 2 rings (SSSR count). The van der Waals surface area contributed by atoms with E-state index in [1.165, 1.54) is 12.8 Å². The lowest BCUT2D eigenvalue weighted by Crippen LogP contribution is -2.59. The van der Waals surface area contributed by atoms with E-state index in [1.54, 1.807) is 0 Å². The molecule has 0 bridgehead atoms. The summed E-state index contributed by atoms with van der Waals surface area (Å²) in [5.74, 6) is 0.517. The van der Waals surface area contributed by atoms with Gasteiger partial charge in [-0.05, 0) is 32.6 Å². The van der Waals surface area contributed by atoms with E-state index in [9.17, 15) is 5.11 Å². The highest BCUT2D eigenvalue weighted by Gasteiger charge is 2.44. The standard InChI is InChI=1S/C12H24N2O2/c1-9-6-16-10(2)5-14(9)7-12(13,8-15)11-3-4-11/h9-11,15H,3-8,13H2,1-2H3. The van der Waals surface area contributed by atoms with Crippen molar-refractivity contribution in [3.05, 3.63) is 0 Å². The molecule has 1 aliphatic carbocycles. The second-order valence-electron chi connectivity index (χ2n) is 5.59. The van der Waals surface area contributed by atoms with Crippen molar-refractivity contribution in [2.24, 2.45) is 11.7 Å². The summed E-state index contributed by atoms with van der Waals surface area (Å²) in [5.41, 5.74) is 5.91. The maximum atomic E-state index is 9.50. The third-order valence-electron chi connectivity index (χ3n) is 3.92. The Balaban J connectivity index is 1.95. The highest BCUT2D eigenvalue weighted by atomic mass is 16.5. The first-order valence-electron chi connectivity index (χ1n) is 6.30. The number of nitrogens with zero attached hydrogens (tertiary/aromatic N) is 1. The Morgan fingerprint density at radius 2 is 2.12 bits per heavy atom. The first kappa shape index (κ1) is 12.3. The minimum absolute atomic E-state index is 0.0934. The molecule has 0 aromatic heterocycles. The van der Waals surface area contributed by atoms with Gasteiger partial charge in [0.15, 0.2) is 0 Å². The maximum Gasteiger partial charge on any atom is 0.0674 e. The molecule has 16 heavy (non-hydrogen) atoms. The number of aliphatic hydroxyl groups is 1. The number of hydrogen-bond donors (Lipinski definition) is 2. The van der Waals surface area contributed by atoms with Crippen molar-refractivity contribution in [1.82, 2.24) is 4.90 Å². The molecule has 0 aromatic rings. The fourth-order valence-electron chi connectivity index (χ4n) is 2.54. The van der Waals surface area contributed by atoms with Gasteiger partial charge in [-0.2, -0.15) is 0 Å². The van der Waals surface area contributed by atoms with E-state index in [0.717, 1.165) is 19.7 Å². The van der Waals surface area contributed by atoms with Crippen LogP contribution in [0.25, 0.3) is 0 Å². The average Bonchev–Trinajstić information content (AvgIpc) is 3.07. The van der Waals surface area contributed by atoms with E-state index in [4.69, 9.17) is 10.5 Å². The molecule has 3 atom stereocenters.